The van der Waals surface area contributed by atoms with Gasteiger partial charge in [-0.2, -0.15) is 0 Å². The minimum atomic E-state index is -1.16. The van der Waals surface area contributed by atoms with Crippen LogP contribution in [0.5, 0.6) is 0 Å². The number of amides is 2. The summed E-state index contributed by atoms with van der Waals surface area (Å²) in [7, 11) is 0. The number of para-hydroxylation sites is 1. The highest BCUT2D eigenvalue weighted by Gasteiger charge is 2.79. The molecule has 0 saturated carbocycles. The number of aliphatic hydroxyl groups is 1. The molecule has 3 aliphatic heterocycles. The molecule has 3 heterocycles. The van der Waals surface area contributed by atoms with Gasteiger partial charge in [0.25, 0.3) is 5.91 Å². The first-order valence-electron chi connectivity index (χ1n) is 12.3. The predicted molar refractivity (Wildman–Crippen MR) is 131 cm³/mol. The lowest BCUT2D eigenvalue weighted by molar-refractivity contribution is -0.160. The Morgan fingerprint density at radius 3 is 2.71 bits per heavy atom. The molecule has 8 nitrogen and oxygen atoms in total. The Balaban J connectivity index is 1.82. The first-order valence-corrected chi connectivity index (χ1v) is 12.6. The van der Waals surface area contributed by atoms with Gasteiger partial charge in [0.05, 0.1) is 28.8 Å². The molecule has 0 aromatic heterocycles. The van der Waals surface area contributed by atoms with E-state index in [1.54, 1.807) is 37.3 Å². The standard InChI is InChI=1S/C26H33ClN2O6/c1-4-14-28(18-11-8-7-10-17(18)27)23(32)21-26-13-12-25(5-2,35-26)20(24(33)34-6-3)19(26)22(31)29(21)15-9-16-30/h4,7-8,10-11,19-21,30H,1,5-6,9,12-16H2,2-3H3/t19-,20-,21?,25+,26?/m0/s1. The molecule has 2 bridgehead atoms. The van der Waals surface area contributed by atoms with E-state index in [2.05, 4.69) is 6.58 Å². The molecule has 3 aliphatic rings. The maximum Gasteiger partial charge on any atom is 0.312 e. The molecule has 9 heteroatoms. The molecule has 5 atom stereocenters. The van der Waals surface area contributed by atoms with E-state index in [0.29, 0.717) is 36.4 Å². The number of carbonyl (C=O) groups excluding carboxylic acids is 3. The van der Waals surface area contributed by atoms with E-state index in [0.717, 1.165) is 0 Å². The maximum absolute atomic E-state index is 14.3. The molecular formula is C26H33ClN2O6. The van der Waals surface area contributed by atoms with Crippen molar-refractivity contribution in [2.75, 3.05) is 31.2 Å². The number of ether oxygens (including phenoxy) is 2. The Morgan fingerprint density at radius 1 is 1.34 bits per heavy atom. The number of hydrogen-bond acceptors (Lipinski definition) is 6. The van der Waals surface area contributed by atoms with Crippen LogP contribution in [0.4, 0.5) is 5.69 Å². The number of aliphatic hydroxyl groups excluding tert-OH is 1. The number of anilines is 1. The van der Waals surface area contributed by atoms with Crippen molar-refractivity contribution in [3.05, 3.63) is 41.9 Å². The zero-order chi connectivity index (χ0) is 25.4. The van der Waals surface area contributed by atoms with E-state index in [4.69, 9.17) is 21.1 Å². The van der Waals surface area contributed by atoms with E-state index in [1.165, 1.54) is 9.80 Å². The normalized spacial score (nSPS) is 30.9. The van der Waals surface area contributed by atoms with Gasteiger partial charge in [0.15, 0.2) is 0 Å². The van der Waals surface area contributed by atoms with Crippen LogP contribution in [-0.4, -0.2) is 71.3 Å². The summed E-state index contributed by atoms with van der Waals surface area (Å²) in [5, 5.41) is 9.90. The van der Waals surface area contributed by atoms with Crippen LogP contribution < -0.4 is 4.90 Å². The summed E-state index contributed by atoms with van der Waals surface area (Å²) >= 11 is 6.45. The lowest BCUT2D eigenvalue weighted by atomic mass is 9.65. The molecule has 1 spiro atoms. The van der Waals surface area contributed by atoms with Crippen LogP contribution in [0.25, 0.3) is 0 Å². The molecule has 1 aromatic carbocycles. The summed E-state index contributed by atoms with van der Waals surface area (Å²) in [5.41, 5.74) is -1.49. The van der Waals surface area contributed by atoms with Gasteiger partial charge in [-0.1, -0.05) is 36.7 Å². The summed E-state index contributed by atoms with van der Waals surface area (Å²) in [6.07, 6.45) is 3.47. The van der Waals surface area contributed by atoms with Crippen LogP contribution >= 0.6 is 11.6 Å². The highest BCUT2D eigenvalue weighted by molar-refractivity contribution is 6.34. The van der Waals surface area contributed by atoms with Gasteiger partial charge in [-0.05, 0) is 44.7 Å². The summed E-state index contributed by atoms with van der Waals surface area (Å²) in [6.45, 7) is 7.88. The van der Waals surface area contributed by atoms with Gasteiger partial charge >= 0.3 is 5.97 Å². The van der Waals surface area contributed by atoms with Crippen molar-refractivity contribution < 1.29 is 29.0 Å². The fourth-order valence-electron chi connectivity index (χ4n) is 6.32. The number of likely N-dealkylation sites (tertiary alicyclic amines) is 1. The van der Waals surface area contributed by atoms with Crippen LogP contribution in [0.1, 0.15) is 39.5 Å². The number of hydrogen-bond donors (Lipinski definition) is 1. The van der Waals surface area contributed by atoms with Crippen molar-refractivity contribution in [2.45, 2.75) is 56.8 Å². The zero-order valence-corrected chi connectivity index (χ0v) is 21.0. The number of carbonyl (C=O) groups is 3. The number of rotatable bonds is 10. The molecule has 3 saturated heterocycles. The lowest BCUT2D eigenvalue weighted by Gasteiger charge is -2.37. The first kappa shape index (κ1) is 25.7. The van der Waals surface area contributed by atoms with Crippen molar-refractivity contribution in [1.29, 1.82) is 0 Å². The number of nitrogens with zero attached hydrogens (tertiary/aromatic N) is 2. The average Bonchev–Trinajstić information content (AvgIpc) is 3.45. The zero-order valence-electron chi connectivity index (χ0n) is 20.2. The van der Waals surface area contributed by atoms with Gasteiger partial charge in [0, 0.05) is 19.7 Å². The van der Waals surface area contributed by atoms with Crippen molar-refractivity contribution >= 4 is 35.1 Å². The molecular weight excluding hydrogens is 472 g/mol. The van der Waals surface area contributed by atoms with Crippen LogP contribution in [-0.2, 0) is 23.9 Å². The van der Waals surface area contributed by atoms with Crippen LogP contribution in [0, 0.1) is 11.8 Å². The molecule has 0 radical (unpaired) electrons. The predicted octanol–water partition coefficient (Wildman–Crippen LogP) is 2.96. The molecule has 35 heavy (non-hydrogen) atoms. The molecule has 1 N–H and O–H groups in total. The second kappa shape index (κ2) is 9.91. The third-order valence-corrected chi connectivity index (χ3v) is 8.05. The second-order valence-electron chi connectivity index (χ2n) is 9.38. The van der Waals surface area contributed by atoms with Crippen LogP contribution in [0.15, 0.2) is 36.9 Å². The molecule has 2 amide bonds. The average molecular weight is 505 g/mol. The molecule has 0 aliphatic carbocycles. The topological polar surface area (TPSA) is 96.4 Å². The quantitative estimate of drug-likeness (QED) is 0.389. The van der Waals surface area contributed by atoms with Crippen molar-refractivity contribution in [3.63, 3.8) is 0 Å². The molecule has 4 rings (SSSR count). The smallest absolute Gasteiger partial charge is 0.312 e. The Kier molecular flexibility index (Phi) is 7.27. The van der Waals surface area contributed by atoms with Gasteiger partial charge in [-0.15, -0.1) is 6.58 Å². The third-order valence-electron chi connectivity index (χ3n) is 7.73. The van der Waals surface area contributed by atoms with Gasteiger partial charge in [-0.25, -0.2) is 0 Å². The number of halogens is 1. The van der Waals surface area contributed by atoms with E-state index in [9.17, 15) is 19.5 Å². The Labute approximate surface area is 210 Å². The fraction of sp³-hybridized carbons (Fsp3) is 0.577. The van der Waals surface area contributed by atoms with E-state index < -0.39 is 35.0 Å². The van der Waals surface area contributed by atoms with Crippen LogP contribution in [0.3, 0.4) is 0 Å². The van der Waals surface area contributed by atoms with E-state index in [1.807, 2.05) is 6.92 Å². The maximum atomic E-state index is 14.3. The summed E-state index contributed by atoms with van der Waals surface area (Å²) in [6, 6.07) is 6.05. The highest BCUT2D eigenvalue weighted by atomic mass is 35.5. The van der Waals surface area contributed by atoms with Crippen molar-refractivity contribution in [1.82, 2.24) is 4.90 Å². The monoisotopic (exact) mass is 504 g/mol. The summed E-state index contributed by atoms with van der Waals surface area (Å²) in [5.74, 6) is -2.71. The van der Waals surface area contributed by atoms with E-state index in [-0.39, 0.29) is 38.1 Å². The van der Waals surface area contributed by atoms with Crippen LogP contribution in [0.2, 0.25) is 5.02 Å². The Hall–Kier alpha value is -2.42. The summed E-state index contributed by atoms with van der Waals surface area (Å²) < 4.78 is 12.1. The molecule has 190 valence electrons. The Morgan fingerprint density at radius 2 is 2.09 bits per heavy atom. The lowest BCUT2D eigenvalue weighted by Crippen LogP contribution is -2.56. The first-order chi connectivity index (χ1) is 16.8. The second-order valence-corrected chi connectivity index (χ2v) is 9.79. The largest absolute Gasteiger partial charge is 0.466 e. The van der Waals surface area contributed by atoms with Crippen molar-refractivity contribution in [2.24, 2.45) is 11.8 Å². The number of esters is 1. The number of fused-ring (bicyclic) bond motifs is 1. The minimum absolute atomic E-state index is 0.135. The molecule has 2 unspecified atom stereocenters. The molecule has 3 fully saturated rings. The highest BCUT2D eigenvalue weighted by Crippen LogP contribution is 2.64. The summed E-state index contributed by atoms with van der Waals surface area (Å²) in [4.78, 5) is 44.3. The number of benzene rings is 1. The van der Waals surface area contributed by atoms with E-state index >= 15 is 0 Å². The van der Waals surface area contributed by atoms with Gasteiger partial charge < -0.3 is 24.4 Å². The van der Waals surface area contributed by atoms with Gasteiger partial charge in [0.1, 0.15) is 17.6 Å². The van der Waals surface area contributed by atoms with Gasteiger partial charge in [0.2, 0.25) is 5.91 Å². The molecule has 1 aromatic rings. The minimum Gasteiger partial charge on any atom is -0.466 e. The third kappa shape index (κ3) is 3.86. The Bertz CT molecular complexity index is 1020. The fourth-order valence-corrected chi connectivity index (χ4v) is 6.56. The van der Waals surface area contributed by atoms with Crippen molar-refractivity contribution in [3.8, 4) is 0 Å². The van der Waals surface area contributed by atoms with Gasteiger partial charge in [-0.3, -0.25) is 14.4 Å². The SMILES string of the molecule is C=CCN(C(=O)C1N(CCCO)C(=O)[C@@H]2[C@@H](C(=O)OCC)[C@@]3(CC)CCC12O3)c1ccccc1Cl.